The van der Waals surface area contributed by atoms with Crippen LogP contribution in [-0.4, -0.2) is 29.2 Å². The zero-order chi connectivity index (χ0) is 25.9. The monoisotopic (exact) mass is 498 g/mol. The number of nitrogens with zero attached hydrogens (tertiary/aromatic N) is 2. The van der Waals surface area contributed by atoms with Crippen molar-refractivity contribution in [1.82, 2.24) is 4.90 Å². The summed E-state index contributed by atoms with van der Waals surface area (Å²) in [4.78, 5) is 31.8. The van der Waals surface area contributed by atoms with Gasteiger partial charge in [0, 0.05) is 5.69 Å². The minimum absolute atomic E-state index is 0.0552. The highest BCUT2D eigenvalue weighted by atomic mass is 16.6. The zero-order valence-corrected chi connectivity index (χ0v) is 20.9. The molecule has 2 fully saturated rings. The van der Waals surface area contributed by atoms with Crippen molar-refractivity contribution in [2.24, 2.45) is 0 Å². The van der Waals surface area contributed by atoms with E-state index in [-0.39, 0.29) is 5.91 Å². The van der Waals surface area contributed by atoms with Gasteiger partial charge in [-0.2, -0.15) is 0 Å². The van der Waals surface area contributed by atoms with E-state index in [1.165, 1.54) is 0 Å². The Morgan fingerprint density at radius 2 is 1.13 bits per heavy atom. The van der Waals surface area contributed by atoms with Gasteiger partial charge in [0.25, 0.3) is 0 Å². The first kappa shape index (κ1) is 22.5. The van der Waals surface area contributed by atoms with Gasteiger partial charge in [-0.25, -0.2) is 4.79 Å². The van der Waals surface area contributed by atoms with Gasteiger partial charge >= 0.3 is 6.09 Å². The molecule has 0 aliphatic carbocycles. The first-order chi connectivity index (χ1) is 18.6. The Labute approximate surface area is 221 Å². The van der Waals surface area contributed by atoms with Crippen molar-refractivity contribution in [3.8, 4) is 0 Å². The number of para-hydroxylation sites is 1. The van der Waals surface area contributed by atoms with Crippen LogP contribution in [0.4, 0.5) is 10.5 Å². The van der Waals surface area contributed by atoms with Crippen molar-refractivity contribution in [2.45, 2.75) is 30.1 Å². The molecule has 3 atom stereocenters. The SMILES string of the molecule is CC1=C[C@@H]2OC(=O)N(c3ccccc3)[C@@H]2N2C(=O)C(c3ccccc3)(c3ccccc3)[C@@]12c1ccccc1. The van der Waals surface area contributed by atoms with Crippen LogP contribution in [0.1, 0.15) is 23.6 Å². The van der Waals surface area contributed by atoms with Crippen molar-refractivity contribution >= 4 is 17.7 Å². The molecule has 0 saturated carbocycles. The largest absolute Gasteiger partial charge is 0.437 e. The van der Waals surface area contributed by atoms with E-state index in [0.717, 1.165) is 22.3 Å². The van der Waals surface area contributed by atoms with Crippen LogP contribution in [0.25, 0.3) is 0 Å². The van der Waals surface area contributed by atoms with E-state index < -0.39 is 29.3 Å². The Balaban J connectivity index is 1.56. The Hall–Kier alpha value is -4.64. The molecule has 2 saturated heterocycles. The molecule has 0 N–H and O–H groups in total. The predicted molar refractivity (Wildman–Crippen MR) is 145 cm³/mol. The summed E-state index contributed by atoms with van der Waals surface area (Å²) in [6, 6.07) is 39.7. The Morgan fingerprint density at radius 3 is 1.66 bits per heavy atom. The average Bonchev–Trinajstić information content (AvgIpc) is 3.28. The number of rotatable bonds is 4. The molecule has 3 aliphatic rings. The summed E-state index contributed by atoms with van der Waals surface area (Å²) in [6.45, 7) is 2.06. The highest BCUT2D eigenvalue weighted by molar-refractivity contribution is 6.05. The van der Waals surface area contributed by atoms with Crippen LogP contribution >= 0.6 is 0 Å². The molecule has 0 aromatic heterocycles. The van der Waals surface area contributed by atoms with Gasteiger partial charge in [0.2, 0.25) is 5.91 Å². The number of β-lactam (4-membered cyclic amide) rings is 1. The quantitative estimate of drug-likeness (QED) is 0.255. The molecular formula is C33H26N2O3. The van der Waals surface area contributed by atoms with Crippen molar-refractivity contribution in [3.05, 3.63) is 150 Å². The van der Waals surface area contributed by atoms with Crippen LogP contribution in [0.15, 0.2) is 133 Å². The van der Waals surface area contributed by atoms with Gasteiger partial charge in [-0.15, -0.1) is 0 Å². The zero-order valence-electron chi connectivity index (χ0n) is 20.9. The second-order valence-electron chi connectivity index (χ2n) is 10.1. The maximum atomic E-state index is 15.0. The highest BCUT2D eigenvalue weighted by Gasteiger charge is 2.78. The molecule has 0 spiro atoms. The molecule has 5 nitrogen and oxygen atoms in total. The number of hydrogen-bond acceptors (Lipinski definition) is 3. The Bertz CT molecular complexity index is 1510. The topological polar surface area (TPSA) is 49.9 Å². The van der Waals surface area contributed by atoms with Gasteiger partial charge < -0.3 is 9.64 Å². The van der Waals surface area contributed by atoms with Crippen LogP contribution in [0.5, 0.6) is 0 Å². The summed E-state index contributed by atoms with van der Waals surface area (Å²) >= 11 is 0. The molecule has 3 heterocycles. The molecule has 38 heavy (non-hydrogen) atoms. The molecule has 0 unspecified atom stereocenters. The molecule has 4 aromatic carbocycles. The van der Waals surface area contributed by atoms with E-state index in [9.17, 15) is 9.59 Å². The Kier molecular flexibility index (Phi) is 4.86. The molecule has 3 aliphatic heterocycles. The van der Waals surface area contributed by atoms with Crippen LogP contribution in [0, 0.1) is 0 Å². The fourth-order valence-corrected chi connectivity index (χ4v) is 6.98. The number of benzene rings is 4. The van der Waals surface area contributed by atoms with Crippen LogP contribution in [0.2, 0.25) is 0 Å². The van der Waals surface area contributed by atoms with E-state index in [2.05, 4.69) is 19.1 Å². The third-order valence-electron chi connectivity index (χ3n) is 8.32. The lowest BCUT2D eigenvalue weighted by Crippen LogP contribution is -2.84. The normalized spacial score (nSPS) is 25.1. The van der Waals surface area contributed by atoms with E-state index in [1.54, 1.807) is 4.90 Å². The highest BCUT2D eigenvalue weighted by Crippen LogP contribution is 2.66. The van der Waals surface area contributed by atoms with E-state index in [1.807, 2.05) is 120 Å². The maximum absolute atomic E-state index is 15.0. The van der Waals surface area contributed by atoms with Crippen LogP contribution in [-0.2, 0) is 20.5 Å². The fraction of sp³-hybridized carbons (Fsp3) is 0.152. The van der Waals surface area contributed by atoms with Gasteiger partial charge in [-0.05, 0) is 47.4 Å². The summed E-state index contributed by atoms with van der Waals surface area (Å²) in [6.07, 6.45) is 0.390. The van der Waals surface area contributed by atoms with Gasteiger partial charge in [-0.1, -0.05) is 109 Å². The molecule has 0 bridgehead atoms. The fourth-order valence-electron chi connectivity index (χ4n) is 6.98. The van der Waals surface area contributed by atoms with Gasteiger partial charge in [-0.3, -0.25) is 9.69 Å². The molecule has 0 radical (unpaired) electrons. The second kappa shape index (κ2) is 8.18. The second-order valence-corrected chi connectivity index (χ2v) is 10.1. The summed E-state index contributed by atoms with van der Waals surface area (Å²) in [5, 5.41) is 0. The number of anilines is 1. The average molecular weight is 499 g/mol. The van der Waals surface area contributed by atoms with Gasteiger partial charge in [0.15, 0.2) is 12.3 Å². The third kappa shape index (κ3) is 2.65. The number of amides is 2. The maximum Gasteiger partial charge on any atom is 0.416 e. The van der Waals surface area contributed by atoms with Gasteiger partial charge in [0.1, 0.15) is 11.0 Å². The standard InChI is InChI=1S/C33H26N2O3/c1-23-22-28-29(34(31(37)38-28)27-20-12-5-13-21-27)35-30(36)32(24-14-6-2-7-15-24,25-16-8-3-9-17-25)33(23,35)26-18-10-4-11-19-26/h2-22,28-29H,1H3/t28-,29+,33-/m0/s1. The number of fused-ring (bicyclic) bond motifs is 3. The minimum Gasteiger partial charge on any atom is -0.437 e. The molecule has 5 heteroatoms. The number of ether oxygens (including phenoxy) is 1. The smallest absolute Gasteiger partial charge is 0.416 e. The first-order valence-corrected chi connectivity index (χ1v) is 12.9. The number of hydrogen-bond donors (Lipinski definition) is 0. The summed E-state index contributed by atoms with van der Waals surface area (Å²) in [7, 11) is 0. The van der Waals surface area contributed by atoms with E-state index in [0.29, 0.717) is 5.69 Å². The van der Waals surface area contributed by atoms with E-state index >= 15 is 0 Å². The van der Waals surface area contributed by atoms with Crippen LogP contribution < -0.4 is 4.90 Å². The molecule has 2 amide bonds. The lowest BCUT2D eigenvalue weighted by molar-refractivity contribution is -0.180. The van der Waals surface area contributed by atoms with Crippen LogP contribution in [0.3, 0.4) is 0 Å². The summed E-state index contributed by atoms with van der Waals surface area (Å²) in [5.41, 5.74) is 2.58. The van der Waals surface area contributed by atoms with Crippen molar-refractivity contribution in [2.75, 3.05) is 4.90 Å². The molecule has 4 aromatic rings. The summed E-state index contributed by atoms with van der Waals surface area (Å²) < 4.78 is 5.88. The van der Waals surface area contributed by atoms with Crippen molar-refractivity contribution in [1.29, 1.82) is 0 Å². The lowest BCUT2D eigenvalue weighted by atomic mass is 9.47. The van der Waals surface area contributed by atoms with Crippen molar-refractivity contribution < 1.29 is 14.3 Å². The first-order valence-electron chi connectivity index (χ1n) is 12.9. The lowest BCUT2D eigenvalue weighted by Gasteiger charge is -2.69. The predicted octanol–water partition coefficient (Wildman–Crippen LogP) is 6.02. The third-order valence-corrected chi connectivity index (χ3v) is 8.32. The number of carbonyl (C=O) groups is 2. The number of carbonyl (C=O) groups excluding carboxylic acids is 2. The molecule has 7 rings (SSSR count). The van der Waals surface area contributed by atoms with Crippen molar-refractivity contribution in [3.63, 3.8) is 0 Å². The van der Waals surface area contributed by atoms with E-state index in [4.69, 9.17) is 4.74 Å². The van der Waals surface area contributed by atoms with Gasteiger partial charge in [0.05, 0.1) is 0 Å². The minimum atomic E-state index is -1.03. The molecular weight excluding hydrogens is 472 g/mol. The summed E-state index contributed by atoms with van der Waals surface area (Å²) in [5.74, 6) is -0.0552. The molecule has 186 valence electrons. The Morgan fingerprint density at radius 1 is 0.658 bits per heavy atom.